The van der Waals surface area contributed by atoms with Crippen LogP contribution in [0.25, 0.3) is 0 Å². The van der Waals surface area contributed by atoms with Gasteiger partial charge in [-0.25, -0.2) is 0 Å². The number of benzene rings is 1. The number of hydrogen-bond acceptors (Lipinski definition) is 11. The van der Waals surface area contributed by atoms with Crippen molar-refractivity contribution in [2.75, 3.05) is 0 Å². The van der Waals surface area contributed by atoms with Gasteiger partial charge in [-0.3, -0.25) is 10.1 Å². The summed E-state index contributed by atoms with van der Waals surface area (Å²) in [6.45, 7) is 2.79. The van der Waals surface area contributed by atoms with Crippen molar-refractivity contribution >= 4 is 5.69 Å². The minimum atomic E-state index is -1.55. The number of phenolic OH excluding ortho intramolecular Hbond substituents is 1. The first-order valence-electron chi connectivity index (χ1n) is 8.10. The lowest BCUT2D eigenvalue weighted by Crippen LogP contribution is -2.10. The SMILES string of the molecule is Cc1nc(O)c(C(c2cc([N+](=O)[O-])ccc2O)c2c(O)nc(C)nc2O)c(O)n1. The van der Waals surface area contributed by atoms with Crippen molar-refractivity contribution in [3.63, 3.8) is 0 Å². The van der Waals surface area contributed by atoms with Crippen LogP contribution in [0.15, 0.2) is 18.2 Å². The molecular formula is C17H15N5O7. The molecule has 0 saturated carbocycles. The van der Waals surface area contributed by atoms with Crippen molar-refractivity contribution in [2.24, 2.45) is 0 Å². The monoisotopic (exact) mass is 401 g/mol. The van der Waals surface area contributed by atoms with E-state index in [4.69, 9.17) is 0 Å². The van der Waals surface area contributed by atoms with Crippen LogP contribution in [0, 0.1) is 24.0 Å². The third-order valence-electron chi connectivity index (χ3n) is 4.14. The molecule has 150 valence electrons. The Morgan fingerprint density at radius 1 is 0.828 bits per heavy atom. The van der Waals surface area contributed by atoms with Crippen molar-refractivity contribution in [2.45, 2.75) is 19.8 Å². The Kier molecular flexibility index (Phi) is 4.76. The van der Waals surface area contributed by atoms with Crippen LogP contribution in [0.3, 0.4) is 0 Å². The van der Waals surface area contributed by atoms with Crippen LogP contribution >= 0.6 is 0 Å². The molecular weight excluding hydrogens is 386 g/mol. The van der Waals surface area contributed by atoms with Crippen LogP contribution in [0.5, 0.6) is 29.3 Å². The summed E-state index contributed by atoms with van der Waals surface area (Å²) in [6.07, 6.45) is 0. The number of aryl methyl sites for hydroxylation is 2. The molecule has 5 N–H and O–H groups in total. The van der Waals surface area contributed by atoms with E-state index in [0.29, 0.717) is 0 Å². The maximum atomic E-state index is 11.2. The van der Waals surface area contributed by atoms with Gasteiger partial charge in [0.2, 0.25) is 23.5 Å². The molecule has 12 nitrogen and oxygen atoms in total. The lowest BCUT2D eigenvalue weighted by Gasteiger charge is -2.21. The second kappa shape index (κ2) is 7.07. The Hall–Kier alpha value is -4.22. The largest absolute Gasteiger partial charge is 0.508 e. The van der Waals surface area contributed by atoms with Gasteiger partial charge in [-0.1, -0.05) is 0 Å². The van der Waals surface area contributed by atoms with Gasteiger partial charge in [0.05, 0.1) is 22.0 Å². The van der Waals surface area contributed by atoms with E-state index in [1.165, 1.54) is 13.8 Å². The van der Waals surface area contributed by atoms with E-state index >= 15 is 0 Å². The molecule has 0 aliphatic carbocycles. The standard InChI is InChI=1S/C17H15N5O7/c1-6-18-14(24)12(15(25)19-6)11(13-16(26)20-7(2)21-17(13)27)9-5-8(22(28)29)3-4-10(9)23/h3-5,11,23H,1-2H3,(H2,18,19,24,25)(H2,20,21,26,27). The topological polar surface area (TPSA) is 196 Å². The summed E-state index contributed by atoms with van der Waals surface area (Å²) in [5, 5.41) is 62.9. The van der Waals surface area contributed by atoms with Gasteiger partial charge < -0.3 is 25.5 Å². The Bertz CT molecular complexity index is 1030. The van der Waals surface area contributed by atoms with E-state index in [-0.39, 0.29) is 17.2 Å². The van der Waals surface area contributed by atoms with Gasteiger partial charge in [0, 0.05) is 17.7 Å². The predicted octanol–water partition coefficient (Wildman–Crippen LogP) is 1.50. The highest BCUT2D eigenvalue weighted by molar-refractivity contribution is 5.59. The highest BCUT2D eigenvalue weighted by atomic mass is 16.6. The minimum absolute atomic E-state index is 0.0133. The van der Waals surface area contributed by atoms with E-state index in [2.05, 4.69) is 19.9 Å². The van der Waals surface area contributed by atoms with Crippen molar-refractivity contribution in [1.82, 2.24) is 19.9 Å². The molecule has 0 aliphatic heterocycles. The number of aromatic hydroxyl groups is 5. The quantitative estimate of drug-likeness (QED) is 0.314. The number of nitro groups is 1. The zero-order valence-electron chi connectivity index (χ0n) is 15.1. The smallest absolute Gasteiger partial charge is 0.270 e. The molecule has 12 heteroatoms. The number of aromatic nitrogens is 4. The molecule has 2 heterocycles. The number of rotatable bonds is 4. The lowest BCUT2D eigenvalue weighted by atomic mass is 9.85. The van der Waals surface area contributed by atoms with Crippen molar-refractivity contribution in [1.29, 1.82) is 0 Å². The van der Waals surface area contributed by atoms with Crippen LogP contribution in [-0.2, 0) is 0 Å². The second-order valence-electron chi connectivity index (χ2n) is 6.10. The number of non-ortho nitro benzene ring substituents is 1. The number of hydrogen-bond donors (Lipinski definition) is 5. The Morgan fingerprint density at radius 3 is 1.62 bits per heavy atom. The molecule has 0 unspecified atom stereocenters. The van der Waals surface area contributed by atoms with E-state index in [0.717, 1.165) is 18.2 Å². The van der Waals surface area contributed by atoms with E-state index in [1.807, 2.05) is 0 Å². The van der Waals surface area contributed by atoms with E-state index in [1.54, 1.807) is 0 Å². The summed E-state index contributed by atoms with van der Waals surface area (Å²) in [4.78, 5) is 25.4. The molecule has 3 aromatic rings. The molecule has 0 fully saturated rings. The van der Waals surface area contributed by atoms with Gasteiger partial charge in [-0.05, 0) is 19.9 Å². The molecule has 2 aromatic heterocycles. The highest BCUT2D eigenvalue weighted by Gasteiger charge is 2.34. The molecule has 1 aromatic carbocycles. The molecule has 0 radical (unpaired) electrons. The van der Waals surface area contributed by atoms with Crippen LogP contribution in [0.4, 0.5) is 5.69 Å². The van der Waals surface area contributed by atoms with Crippen LogP contribution in [0.1, 0.15) is 34.3 Å². The fourth-order valence-corrected chi connectivity index (χ4v) is 2.96. The molecule has 3 rings (SSSR count). The molecule has 0 atom stereocenters. The molecule has 0 aliphatic rings. The van der Waals surface area contributed by atoms with Gasteiger partial charge in [-0.2, -0.15) is 19.9 Å². The summed E-state index contributed by atoms with van der Waals surface area (Å²) in [5.41, 5.74) is -1.52. The van der Waals surface area contributed by atoms with E-state index in [9.17, 15) is 35.6 Å². The van der Waals surface area contributed by atoms with Crippen LogP contribution < -0.4 is 0 Å². The van der Waals surface area contributed by atoms with Gasteiger partial charge in [-0.15, -0.1) is 0 Å². The summed E-state index contributed by atoms with van der Waals surface area (Å²) >= 11 is 0. The predicted molar refractivity (Wildman–Crippen MR) is 95.9 cm³/mol. The molecule has 0 spiro atoms. The van der Waals surface area contributed by atoms with Crippen molar-refractivity contribution in [3.8, 4) is 29.3 Å². The van der Waals surface area contributed by atoms with Crippen LogP contribution in [0.2, 0.25) is 0 Å². The van der Waals surface area contributed by atoms with Gasteiger partial charge in [0.1, 0.15) is 17.4 Å². The first kappa shape index (κ1) is 19.5. The third-order valence-corrected chi connectivity index (χ3v) is 4.14. The average Bonchev–Trinajstić information content (AvgIpc) is 2.59. The number of nitro benzene ring substituents is 1. The minimum Gasteiger partial charge on any atom is -0.508 e. The maximum absolute atomic E-state index is 11.2. The van der Waals surface area contributed by atoms with Crippen molar-refractivity contribution < 1.29 is 30.5 Å². The Balaban J connectivity index is 2.43. The average molecular weight is 401 g/mol. The van der Waals surface area contributed by atoms with Gasteiger partial charge in [0.15, 0.2) is 0 Å². The van der Waals surface area contributed by atoms with Crippen LogP contribution in [-0.4, -0.2) is 50.4 Å². The van der Waals surface area contributed by atoms with Gasteiger partial charge >= 0.3 is 0 Å². The summed E-state index contributed by atoms with van der Waals surface area (Å²) in [7, 11) is 0. The molecule has 29 heavy (non-hydrogen) atoms. The van der Waals surface area contributed by atoms with Crippen molar-refractivity contribution in [3.05, 3.63) is 56.7 Å². The first-order valence-corrected chi connectivity index (χ1v) is 8.10. The fraction of sp³-hybridized carbons (Fsp3) is 0.176. The zero-order valence-corrected chi connectivity index (χ0v) is 15.1. The van der Waals surface area contributed by atoms with Gasteiger partial charge in [0.25, 0.3) is 5.69 Å². The maximum Gasteiger partial charge on any atom is 0.270 e. The Labute approximate surface area is 162 Å². The molecule has 0 amide bonds. The highest BCUT2D eigenvalue weighted by Crippen LogP contribution is 2.48. The number of nitrogens with zero attached hydrogens (tertiary/aromatic N) is 5. The zero-order chi connectivity index (χ0) is 21.5. The first-order chi connectivity index (χ1) is 13.6. The molecule has 0 saturated heterocycles. The van der Waals surface area contributed by atoms with E-state index < -0.39 is 56.9 Å². The lowest BCUT2D eigenvalue weighted by molar-refractivity contribution is -0.384. The second-order valence-corrected chi connectivity index (χ2v) is 6.10. The Morgan fingerprint density at radius 2 is 1.24 bits per heavy atom. The number of phenols is 1. The fourth-order valence-electron chi connectivity index (χ4n) is 2.96. The summed E-state index contributed by atoms with van der Waals surface area (Å²) in [5.74, 6) is -4.93. The normalized spacial score (nSPS) is 11.0. The third kappa shape index (κ3) is 3.50. The molecule has 0 bridgehead atoms. The summed E-state index contributed by atoms with van der Waals surface area (Å²) in [6, 6.07) is 3.01. The summed E-state index contributed by atoms with van der Waals surface area (Å²) < 4.78 is 0.